The first-order valence-corrected chi connectivity index (χ1v) is 15.8. The van der Waals surface area contributed by atoms with Crippen molar-refractivity contribution in [2.45, 2.75) is 15.3 Å². The van der Waals surface area contributed by atoms with Crippen LogP contribution in [-0.4, -0.2) is 28.6 Å². The molecule has 0 fully saturated rings. The summed E-state index contributed by atoms with van der Waals surface area (Å²) in [7, 11) is -7.94. The van der Waals surface area contributed by atoms with Gasteiger partial charge in [0, 0.05) is 23.0 Å². The van der Waals surface area contributed by atoms with Gasteiger partial charge in [-0.15, -0.1) is 11.3 Å². The number of hydrazine groups is 1. The molecule has 0 unspecified atom stereocenters. The van der Waals surface area contributed by atoms with E-state index in [2.05, 4.69) is 20.3 Å². The van der Waals surface area contributed by atoms with Crippen LogP contribution in [0.15, 0.2) is 105 Å². The minimum Gasteiger partial charge on any atom is -0.280 e. The van der Waals surface area contributed by atoms with Gasteiger partial charge in [-0.2, -0.15) is 13.2 Å². The smallest absolute Gasteiger partial charge is 0.280 e. The molecule has 0 saturated heterocycles. The minimum atomic E-state index is -4.63. The van der Waals surface area contributed by atoms with E-state index in [0.717, 1.165) is 29.5 Å². The summed E-state index contributed by atoms with van der Waals surface area (Å²) in [5.41, 5.74) is 3.92. The second-order valence-electron chi connectivity index (χ2n) is 8.64. The van der Waals surface area contributed by atoms with E-state index in [9.17, 15) is 39.6 Å². The summed E-state index contributed by atoms with van der Waals surface area (Å²) < 4.78 is 93.1. The number of carbonyl (C=O) groups is 2. The lowest BCUT2D eigenvalue weighted by Crippen LogP contribution is -2.40. The lowest BCUT2D eigenvalue weighted by atomic mass is 10.2. The molecule has 0 atom stereocenters. The van der Waals surface area contributed by atoms with Gasteiger partial charge in [0.05, 0.1) is 10.5 Å². The van der Waals surface area contributed by atoms with Crippen LogP contribution in [0.4, 0.5) is 24.5 Å². The number of amides is 2. The van der Waals surface area contributed by atoms with Gasteiger partial charge >= 0.3 is 6.18 Å². The number of anilines is 2. The van der Waals surface area contributed by atoms with E-state index in [-0.39, 0.29) is 26.0 Å². The molecule has 0 bridgehead atoms. The van der Waals surface area contributed by atoms with E-state index in [4.69, 9.17) is 0 Å². The molecular formula is C27H21F3N4O6S3. The van der Waals surface area contributed by atoms with Gasteiger partial charge in [-0.25, -0.2) is 16.8 Å². The van der Waals surface area contributed by atoms with Crippen molar-refractivity contribution >= 4 is 60.6 Å². The van der Waals surface area contributed by atoms with Crippen LogP contribution in [-0.2, 0) is 31.0 Å². The van der Waals surface area contributed by atoms with Gasteiger partial charge in [0.2, 0.25) is 0 Å². The number of halogens is 3. The molecule has 0 aliphatic carbocycles. The predicted molar refractivity (Wildman–Crippen MR) is 155 cm³/mol. The molecule has 4 aromatic rings. The number of nitrogens with one attached hydrogen (secondary N) is 4. The highest BCUT2D eigenvalue weighted by atomic mass is 32.2. The Hall–Kier alpha value is -4.67. The van der Waals surface area contributed by atoms with Crippen molar-refractivity contribution in [2.75, 3.05) is 9.44 Å². The normalized spacial score (nSPS) is 12.1. The number of alkyl halides is 3. The zero-order valence-corrected chi connectivity index (χ0v) is 24.1. The number of hydrogen-bond donors (Lipinski definition) is 4. The summed E-state index contributed by atoms with van der Waals surface area (Å²) in [5, 5.41) is 1.63. The fourth-order valence-corrected chi connectivity index (χ4v) is 6.55. The van der Waals surface area contributed by atoms with Crippen LogP contribution in [0.5, 0.6) is 0 Å². The van der Waals surface area contributed by atoms with Gasteiger partial charge in [0.25, 0.3) is 31.9 Å². The standard InChI is InChI=1S/C27H21F3N4O6S3/c28-27(29,30)20-3-1-4-22(17-20)34-42(37,38)23-13-6-18(7-14-23)8-15-24(35)31-32-26(36)19-9-11-21(12-10-19)33-43(39,40)25-5-2-16-41-25/h1-17,33-34H,(H,31,35)(H,32,36). The third-order valence-electron chi connectivity index (χ3n) is 5.52. The Morgan fingerprint density at radius 2 is 1.42 bits per heavy atom. The number of hydrogen-bond acceptors (Lipinski definition) is 7. The summed E-state index contributed by atoms with van der Waals surface area (Å²) >= 11 is 1.06. The van der Waals surface area contributed by atoms with E-state index in [0.29, 0.717) is 11.6 Å². The molecule has 224 valence electrons. The van der Waals surface area contributed by atoms with E-state index in [1.165, 1.54) is 66.7 Å². The van der Waals surface area contributed by atoms with Crippen molar-refractivity contribution in [3.8, 4) is 0 Å². The minimum absolute atomic E-state index is 0.136. The van der Waals surface area contributed by atoms with Gasteiger partial charge in [-0.1, -0.05) is 24.3 Å². The van der Waals surface area contributed by atoms with Gasteiger partial charge in [0.1, 0.15) is 4.21 Å². The molecule has 3 aromatic carbocycles. The Kier molecular flexibility index (Phi) is 9.22. The summed E-state index contributed by atoms with van der Waals surface area (Å²) in [6.07, 6.45) is -2.22. The van der Waals surface area contributed by atoms with Crippen LogP contribution >= 0.6 is 11.3 Å². The highest BCUT2D eigenvalue weighted by Crippen LogP contribution is 2.31. The summed E-state index contributed by atoms with van der Waals surface area (Å²) in [6, 6.07) is 17.5. The molecule has 1 aromatic heterocycles. The Balaban J connectivity index is 1.29. The predicted octanol–water partition coefficient (Wildman–Crippen LogP) is 4.84. The molecular weight excluding hydrogens is 630 g/mol. The maximum absolute atomic E-state index is 12.9. The molecule has 0 saturated carbocycles. The number of rotatable bonds is 9. The second kappa shape index (κ2) is 12.7. The maximum Gasteiger partial charge on any atom is 0.416 e. The van der Waals surface area contributed by atoms with Gasteiger partial charge in [-0.3, -0.25) is 29.9 Å². The van der Waals surface area contributed by atoms with E-state index in [1.54, 1.807) is 11.4 Å². The Labute approximate surface area is 248 Å². The van der Waals surface area contributed by atoms with Crippen molar-refractivity contribution in [3.05, 3.63) is 113 Å². The SMILES string of the molecule is O=C(C=Cc1ccc(S(=O)(=O)Nc2cccc(C(F)(F)F)c2)cc1)NNC(=O)c1ccc(NS(=O)(=O)c2cccs2)cc1. The summed E-state index contributed by atoms with van der Waals surface area (Å²) in [4.78, 5) is 24.2. The Bertz CT molecular complexity index is 1860. The topological polar surface area (TPSA) is 151 Å². The Morgan fingerprint density at radius 1 is 0.744 bits per heavy atom. The van der Waals surface area contributed by atoms with E-state index >= 15 is 0 Å². The van der Waals surface area contributed by atoms with Crippen LogP contribution < -0.4 is 20.3 Å². The number of carbonyl (C=O) groups excluding carboxylic acids is 2. The highest BCUT2D eigenvalue weighted by Gasteiger charge is 2.30. The zero-order chi connectivity index (χ0) is 31.3. The zero-order valence-electron chi connectivity index (χ0n) is 21.6. The van der Waals surface area contributed by atoms with Crippen LogP contribution in [0.2, 0.25) is 0 Å². The quantitative estimate of drug-likeness (QED) is 0.150. The first kappa shape index (κ1) is 31.3. The third-order valence-corrected chi connectivity index (χ3v) is 9.69. The maximum atomic E-state index is 12.9. The van der Waals surface area contributed by atoms with Crippen LogP contribution in [0.25, 0.3) is 6.08 Å². The number of thiophene rings is 1. The van der Waals surface area contributed by atoms with Gasteiger partial charge < -0.3 is 0 Å². The third kappa shape index (κ3) is 8.43. The van der Waals surface area contributed by atoms with Crippen molar-refractivity contribution in [1.29, 1.82) is 0 Å². The Morgan fingerprint density at radius 3 is 2.05 bits per heavy atom. The fourth-order valence-electron chi connectivity index (χ4n) is 3.45. The molecule has 4 rings (SSSR count). The summed E-state index contributed by atoms with van der Waals surface area (Å²) in [6.45, 7) is 0. The average molecular weight is 651 g/mol. The molecule has 0 aliphatic rings. The van der Waals surface area contributed by atoms with E-state index in [1.807, 2.05) is 0 Å². The lowest BCUT2D eigenvalue weighted by molar-refractivity contribution is -0.137. The van der Waals surface area contributed by atoms with E-state index < -0.39 is 43.6 Å². The fraction of sp³-hybridized carbons (Fsp3) is 0.0370. The van der Waals surface area contributed by atoms with Crippen LogP contribution in [0.3, 0.4) is 0 Å². The average Bonchev–Trinajstić information content (AvgIpc) is 3.51. The van der Waals surface area contributed by atoms with Crippen LogP contribution in [0, 0.1) is 0 Å². The highest BCUT2D eigenvalue weighted by molar-refractivity contribution is 7.94. The molecule has 0 spiro atoms. The van der Waals surface area contributed by atoms with Gasteiger partial charge in [-0.05, 0) is 77.7 Å². The monoisotopic (exact) mass is 650 g/mol. The number of sulfonamides is 2. The van der Waals surface area contributed by atoms with Crippen molar-refractivity contribution < 1.29 is 39.6 Å². The molecule has 2 amide bonds. The first-order chi connectivity index (χ1) is 20.2. The first-order valence-electron chi connectivity index (χ1n) is 12.0. The molecule has 0 radical (unpaired) electrons. The lowest BCUT2D eigenvalue weighted by Gasteiger charge is -2.11. The van der Waals surface area contributed by atoms with Crippen molar-refractivity contribution in [3.63, 3.8) is 0 Å². The van der Waals surface area contributed by atoms with Crippen molar-refractivity contribution in [1.82, 2.24) is 10.9 Å². The molecule has 43 heavy (non-hydrogen) atoms. The molecule has 4 N–H and O–H groups in total. The van der Waals surface area contributed by atoms with Gasteiger partial charge in [0.15, 0.2) is 0 Å². The molecule has 10 nitrogen and oxygen atoms in total. The number of benzene rings is 3. The molecule has 0 aliphatic heterocycles. The molecule has 16 heteroatoms. The second-order valence-corrected chi connectivity index (χ2v) is 13.2. The largest absolute Gasteiger partial charge is 0.416 e. The van der Waals surface area contributed by atoms with Crippen LogP contribution in [0.1, 0.15) is 21.5 Å². The van der Waals surface area contributed by atoms with Crippen molar-refractivity contribution in [2.24, 2.45) is 0 Å². The summed E-state index contributed by atoms with van der Waals surface area (Å²) in [5.74, 6) is -1.38. The molecule has 1 heterocycles.